The second kappa shape index (κ2) is 24.4. The van der Waals surface area contributed by atoms with E-state index in [1.807, 2.05) is 0 Å². The van der Waals surface area contributed by atoms with Crippen molar-refractivity contribution in [2.45, 2.75) is 89.1 Å². The van der Waals surface area contributed by atoms with Crippen LogP contribution >= 0.6 is 0 Å². The molecule has 20 nitrogen and oxygen atoms in total. The molecule has 0 fully saturated rings. The lowest BCUT2D eigenvalue weighted by molar-refractivity contribution is -0.142. The third kappa shape index (κ3) is 17.7. The Balaban J connectivity index is 2.15. The minimum absolute atomic E-state index is 0.00590. The molecule has 2 aromatic rings. The first-order valence-electron chi connectivity index (χ1n) is 18.7. The van der Waals surface area contributed by atoms with Gasteiger partial charge in [-0.1, -0.05) is 56.3 Å². The van der Waals surface area contributed by atoms with Gasteiger partial charge in [0.05, 0.1) is 19.2 Å². The van der Waals surface area contributed by atoms with Crippen LogP contribution in [0.4, 0.5) is 0 Å². The number of amides is 6. The number of aliphatic hydroxyl groups excluding tert-OH is 1. The third-order valence-electron chi connectivity index (χ3n) is 8.59. The van der Waals surface area contributed by atoms with E-state index >= 15 is 0 Å². The van der Waals surface area contributed by atoms with Gasteiger partial charge in [-0.2, -0.15) is 0 Å². The van der Waals surface area contributed by atoms with Gasteiger partial charge in [0, 0.05) is 13.0 Å². The van der Waals surface area contributed by atoms with Crippen LogP contribution < -0.4 is 48.7 Å². The van der Waals surface area contributed by atoms with Gasteiger partial charge in [0.2, 0.25) is 35.4 Å². The van der Waals surface area contributed by atoms with E-state index in [-0.39, 0.29) is 56.3 Å². The highest BCUT2D eigenvalue weighted by molar-refractivity contribution is 5.96. The van der Waals surface area contributed by atoms with Gasteiger partial charge < -0.3 is 64.0 Å². The summed E-state index contributed by atoms with van der Waals surface area (Å²) in [6.07, 6.45) is 0.372. The Bertz CT molecular complexity index is 1710. The van der Waals surface area contributed by atoms with Crippen LogP contribution in [0.25, 0.3) is 0 Å². The molecule has 0 aromatic heterocycles. The Kier molecular flexibility index (Phi) is 20.1. The predicted octanol–water partition coefficient (Wildman–Crippen LogP) is -2.55. The fraction of sp³-hybridized carbons (Fsp3) is 0.474. The van der Waals surface area contributed by atoms with Gasteiger partial charge in [0.1, 0.15) is 36.0 Å². The molecule has 0 aliphatic carbocycles. The van der Waals surface area contributed by atoms with Gasteiger partial charge in [0.25, 0.3) is 0 Å². The second-order valence-corrected chi connectivity index (χ2v) is 14.1. The van der Waals surface area contributed by atoms with Crippen molar-refractivity contribution in [2.75, 3.05) is 19.7 Å². The molecule has 6 amide bonds. The van der Waals surface area contributed by atoms with E-state index in [4.69, 9.17) is 16.9 Å². The Morgan fingerprint density at radius 3 is 1.86 bits per heavy atom. The zero-order valence-corrected chi connectivity index (χ0v) is 32.7. The number of benzene rings is 2. The average molecular weight is 813 g/mol. The molecule has 0 bridgehead atoms. The van der Waals surface area contributed by atoms with E-state index in [0.29, 0.717) is 5.56 Å². The van der Waals surface area contributed by atoms with E-state index in [0.717, 1.165) is 5.56 Å². The van der Waals surface area contributed by atoms with E-state index < -0.39 is 90.8 Å². The number of nitrogens with two attached hydrogens (primary N) is 2. The van der Waals surface area contributed by atoms with Crippen LogP contribution in [0.1, 0.15) is 51.2 Å². The van der Waals surface area contributed by atoms with Crippen molar-refractivity contribution >= 4 is 47.4 Å². The number of carboxylic acid groups (broad SMARTS) is 1. The zero-order valence-electron chi connectivity index (χ0n) is 32.7. The molecule has 0 saturated carbocycles. The molecule has 318 valence electrons. The van der Waals surface area contributed by atoms with Crippen molar-refractivity contribution < 1.29 is 48.9 Å². The van der Waals surface area contributed by atoms with Crippen LogP contribution in [0.3, 0.4) is 0 Å². The molecule has 0 aliphatic heterocycles. The smallest absolute Gasteiger partial charge is 0.326 e. The number of phenols is 1. The van der Waals surface area contributed by atoms with Gasteiger partial charge in [-0.05, 0) is 61.8 Å². The normalized spacial score (nSPS) is 14.0. The number of carboxylic acids is 1. The van der Waals surface area contributed by atoms with Crippen LogP contribution in [-0.4, -0.2) is 119 Å². The summed E-state index contributed by atoms with van der Waals surface area (Å²) in [5.41, 5.74) is 12.6. The SMILES string of the molecule is CC(C)C[C@H](NC(=O)[C@H](C)NC(=O)[C@H](CCCNC(=N)N)NC(=O)CNC(=O)[C@H](Cc1ccc(O)cc1)NC(=O)[C@H](CO)NC(=O)[C@@H](N)Cc1ccccc1)C(=O)O. The second-order valence-electron chi connectivity index (χ2n) is 14.1. The minimum Gasteiger partial charge on any atom is -0.508 e. The molecule has 0 saturated heterocycles. The summed E-state index contributed by atoms with van der Waals surface area (Å²) in [4.78, 5) is 90.4. The number of aromatic hydroxyl groups is 1. The highest BCUT2D eigenvalue weighted by Gasteiger charge is 2.30. The molecule has 0 aliphatic rings. The Labute approximate surface area is 336 Å². The summed E-state index contributed by atoms with van der Waals surface area (Å²) in [6, 6.07) is 7.05. The molecule has 0 heterocycles. The number of phenolic OH excluding ortho intramolecular Hbond substituents is 1. The van der Waals surface area contributed by atoms with Crippen molar-refractivity contribution in [1.82, 2.24) is 37.2 Å². The highest BCUT2D eigenvalue weighted by Crippen LogP contribution is 2.12. The van der Waals surface area contributed by atoms with Gasteiger partial charge in [-0.15, -0.1) is 0 Å². The number of hydrogen-bond donors (Lipinski definition) is 13. The maximum absolute atomic E-state index is 13.5. The quantitative estimate of drug-likeness (QED) is 0.0295. The average Bonchev–Trinajstić information content (AvgIpc) is 3.17. The van der Waals surface area contributed by atoms with Gasteiger partial charge in [-0.25, -0.2) is 4.79 Å². The van der Waals surface area contributed by atoms with Gasteiger partial charge in [-0.3, -0.25) is 34.2 Å². The molecule has 6 atom stereocenters. The van der Waals surface area contributed by atoms with Crippen molar-refractivity contribution in [1.29, 1.82) is 5.41 Å². The number of nitrogens with one attached hydrogen (secondary N) is 8. The van der Waals surface area contributed by atoms with Crippen LogP contribution in [0.2, 0.25) is 0 Å². The molecule has 2 aromatic carbocycles. The number of rotatable bonds is 24. The van der Waals surface area contributed by atoms with Crippen LogP contribution in [0.15, 0.2) is 54.6 Å². The first-order valence-corrected chi connectivity index (χ1v) is 18.7. The minimum atomic E-state index is -1.50. The molecule has 0 radical (unpaired) electrons. The summed E-state index contributed by atoms with van der Waals surface area (Å²) >= 11 is 0. The van der Waals surface area contributed by atoms with Crippen molar-refractivity contribution in [3.63, 3.8) is 0 Å². The summed E-state index contributed by atoms with van der Waals surface area (Å²) < 4.78 is 0. The Morgan fingerprint density at radius 1 is 0.690 bits per heavy atom. The maximum Gasteiger partial charge on any atom is 0.326 e. The van der Waals surface area contributed by atoms with E-state index in [1.54, 1.807) is 44.2 Å². The molecular formula is C38H56N10O10. The number of carbonyl (C=O) groups excluding carboxylic acids is 6. The summed E-state index contributed by atoms with van der Waals surface area (Å²) in [7, 11) is 0. The van der Waals surface area contributed by atoms with Gasteiger partial charge in [0.15, 0.2) is 5.96 Å². The zero-order chi connectivity index (χ0) is 43.4. The van der Waals surface area contributed by atoms with Crippen LogP contribution in [-0.2, 0) is 46.4 Å². The third-order valence-corrected chi connectivity index (χ3v) is 8.59. The fourth-order valence-electron chi connectivity index (χ4n) is 5.49. The predicted molar refractivity (Wildman–Crippen MR) is 212 cm³/mol. The van der Waals surface area contributed by atoms with E-state index in [9.17, 15) is 48.9 Å². The molecule has 2 rings (SSSR count). The largest absolute Gasteiger partial charge is 0.508 e. The fourth-order valence-corrected chi connectivity index (χ4v) is 5.49. The number of hydrogen-bond acceptors (Lipinski definition) is 11. The summed E-state index contributed by atoms with van der Waals surface area (Å²) in [6.45, 7) is 3.55. The van der Waals surface area contributed by atoms with Gasteiger partial charge >= 0.3 is 5.97 Å². The molecule has 20 heteroatoms. The molecular weight excluding hydrogens is 756 g/mol. The Morgan fingerprint density at radius 2 is 1.28 bits per heavy atom. The monoisotopic (exact) mass is 812 g/mol. The standard InChI is InChI=1S/C38H56N10O10/c1-21(2)16-29(37(57)58)47-32(52)22(3)44-35(55)27(10-7-15-42-38(40)41)45-31(51)19-43-34(54)28(18-24-11-13-25(50)14-12-24)46-36(56)30(20-49)48-33(53)26(39)17-23-8-5-4-6-9-23/h4-6,8-9,11-14,21-22,26-30,49-50H,7,10,15-20,39H2,1-3H3,(H,43,54)(H,44,55)(H,45,51)(H,46,56)(H,47,52)(H,48,53)(H,57,58)(H4,40,41,42)/t22-,26-,27-,28-,29-,30-/m0/s1. The summed E-state index contributed by atoms with van der Waals surface area (Å²) in [5.74, 6) is -6.57. The molecule has 15 N–H and O–H groups in total. The highest BCUT2D eigenvalue weighted by atomic mass is 16.4. The maximum atomic E-state index is 13.5. The number of guanidine groups is 1. The molecule has 58 heavy (non-hydrogen) atoms. The lowest BCUT2D eigenvalue weighted by Crippen LogP contribution is -2.58. The molecule has 0 spiro atoms. The lowest BCUT2D eigenvalue weighted by atomic mass is 10.0. The molecule has 0 unspecified atom stereocenters. The van der Waals surface area contributed by atoms with Crippen LogP contribution in [0.5, 0.6) is 5.75 Å². The van der Waals surface area contributed by atoms with E-state index in [2.05, 4.69) is 37.2 Å². The van der Waals surface area contributed by atoms with Crippen LogP contribution in [0, 0.1) is 11.3 Å². The number of aliphatic hydroxyl groups is 1. The van der Waals surface area contributed by atoms with Crippen molar-refractivity contribution in [3.05, 3.63) is 65.7 Å². The lowest BCUT2D eigenvalue weighted by Gasteiger charge is -2.24. The summed E-state index contributed by atoms with van der Waals surface area (Å²) in [5, 5.41) is 53.7. The number of aliphatic carboxylic acids is 1. The van der Waals surface area contributed by atoms with E-state index in [1.165, 1.54) is 31.2 Å². The first kappa shape index (κ1) is 47.9. The topological polar surface area (TPSA) is 340 Å². The number of carbonyl (C=O) groups is 7. The van der Waals surface area contributed by atoms with Crippen molar-refractivity contribution in [2.24, 2.45) is 17.4 Å². The Hall–Kier alpha value is -6.28. The van der Waals surface area contributed by atoms with Crippen molar-refractivity contribution in [3.8, 4) is 5.75 Å². The first-order chi connectivity index (χ1) is 27.4.